The first-order chi connectivity index (χ1) is 16.1. The van der Waals surface area contributed by atoms with Crippen LogP contribution in [0.15, 0.2) is 46.3 Å². The zero-order chi connectivity index (χ0) is 24.6. The van der Waals surface area contributed by atoms with Gasteiger partial charge in [-0.2, -0.15) is 9.30 Å². The maximum atomic E-state index is 13.0. The number of carbonyl (C=O) groups is 1. The smallest absolute Gasteiger partial charge is 0.279 e. The Morgan fingerprint density at radius 1 is 1.06 bits per heavy atom. The van der Waals surface area contributed by atoms with E-state index in [1.165, 1.54) is 39.9 Å². The Hall–Kier alpha value is -2.73. The number of rotatable bonds is 5. The number of thiazole rings is 1. The van der Waals surface area contributed by atoms with Crippen molar-refractivity contribution in [2.24, 2.45) is 12.0 Å². The molecule has 1 aliphatic heterocycles. The Morgan fingerprint density at radius 2 is 1.65 bits per heavy atom. The molecule has 9 nitrogen and oxygen atoms in total. The number of hydrogen-bond donors (Lipinski definition) is 0. The maximum absolute atomic E-state index is 13.0. The normalized spacial score (nSPS) is 20.0. The minimum atomic E-state index is -3.68. The lowest BCUT2D eigenvalue weighted by molar-refractivity contribution is -0.0440. The first-order valence-corrected chi connectivity index (χ1v) is 13.0. The molecule has 1 aromatic heterocycles. The molecule has 34 heavy (non-hydrogen) atoms. The molecule has 0 spiro atoms. The second-order valence-electron chi connectivity index (χ2n) is 8.14. The number of carbonyl (C=O) groups excluding carboxylic acids is 1. The van der Waals surface area contributed by atoms with Crippen LogP contribution in [0, 0.1) is 0 Å². The van der Waals surface area contributed by atoms with Crippen molar-refractivity contribution in [3.63, 3.8) is 0 Å². The number of ether oxygens (including phenoxy) is 3. The van der Waals surface area contributed by atoms with Crippen LogP contribution >= 0.6 is 11.3 Å². The number of aromatic nitrogens is 1. The molecule has 1 fully saturated rings. The number of morpholine rings is 1. The molecule has 0 radical (unpaired) electrons. The van der Waals surface area contributed by atoms with E-state index >= 15 is 0 Å². The Bertz CT molecular complexity index is 1380. The molecule has 0 unspecified atom stereocenters. The second-order valence-corrected chi connectivity index (χ2v) is 11.1. The Morgan fingerprint density at radius 3 is 2.24 bits per heavy atom. The predicted octanol–water partition coefficient (Wildman–Crippen LogP) is 2.80. The summed E-state index contributed by atoms with van der Waals surface area (Å²) in [6.45, 7) is 4.28. The van der Waals surface area contributed by atoms with Gasteiger partial charge in [0.1, 0.15) is 0 Å². The van der Waals surface area contributed by atoms with Gasteiger partial charge in [-0.25, -0.2) is 8.42 Å². The summed E-state index contributed by atoms with van der Waals surface area (Å²) in [5.41, 5.74) is 1.15. The van der Waals surface area contributed by atoms with Crippen LogP contribution in [0.4, 0.5) is 0 Å². The van der Waals surface area contributed by atoms with E-state index in [0.29, 0.717) is 35.0 Å². The number of aryl methyl sites for hydroxylation is 1. The first kappa shape index (κ1) is 24.4. The lowest BCUT2D eigenvalue weighted by Gasteiger charge is -2.34. The van der Waals surface area contributed by atoms with E-state index in [1.807, 2.05) is 33.0 Å². The molecule has 2 aromatic carbocycles. The van der Waals surface area contributed by atoms with Crippen LogP contribution in [0.5, 0.6) is 11.5 Å². The highest BCUT2D eigenvalue weighted by Crippen LogP contribution is 2.33. The fourth-order valence-corrected chi connectivity index (χ4v) is 6.58. The van der Waals surface area contributed by atoms with Crippen molar-refractivity contribution in [2.75, 3.05) is 27.3 Å². The minimum Gasteiger partial charge on any atom is -0.493 e. The van der Waals surface area contributed by atoms with Crippen molar-refractivity contribution in [3.05, 3.63) is 46.8 Å². The van der Waals surface area contributed by atoms with E-state index in [0.717, 1.165) is 10.2 Å². The number of hydrogen-bond acceptors (Lipinski definition) is 7. The molecule has 182 valence electrons. The summed E-state index contributed by atoms with van der Waals surface area (Å²) in [5, 5.41) is 0. The SMILES string of the molecule is COc1cc2sc(=NC(=O)c3ccc(S(=O)(=O)N4C[C@H](C)O[C@@H](C)C4)cc3)n(C)c2cc1OC. The first-order valence-electron chi connectivity index (χ1n) is 10.7. The van der Waals surface area contributed by atoms with Crippen molar-refractivity contribution in [3.8, 4) is 11.5 Å². The lowest BCUT2D eigenvalue weighted by atomic mass is 10.2. The van der Waals surface area contributed by atoms with Gasteiger partial charge in [-0.15, -0.1) is 0 Å². The van der Waals surface area contributed by atoms with E-state index in [1.54, 1.807) is 18.8 Å². The van der Waals surface area contributed by atoms with E-state index in [9.17, 15) is 13.2 Å². The van der Waals surface area contributed by atoms with E-state index in [4.69, 9.17) is 14.2 Å². The van der Waals surface area contributed by atoms with E-state index in [-0.39, 0.29) is 17.1 Å². The highest BCUT2D eigenvalue weighted by molar-refractivity contribution is 7.89. The summed E-state index contributed by atoms with van der Waals surface area (Å²) in [7, 11) is 1.27. The summed E-state index contributed by atoms with van der Waals surface area (Å²) >= 11 is 1.35. The van der Waals surface area contributed by atoms with Gasteiger partial charge in [-0.05, 0) is 38.1 Å². The minimum absolute atomic E-state index is 0.136. The molecule has 0 saturated carbocycles. The molecule has 4 rings (SSSR count). The Labute approximate surface area is 202 Å². The summed E-state index contributed by atoms with van der Waals surface area (Å²) in [4.78, 5) is 17.7. The third-order valence-electron chi connectivity index (χ3n) is 5.64. The van der Waals surface area contributed by atoms with Crippen molar-refractivity contribution >= 4 is 37.5 Å². The van der Waals surface area contributed by atoms with Gasteiger partial charge in [-0.1, -0.05) is 11.3 Å². The fourth-order valence-electron chi connectivity index (χ4n) is 3.96. The van der Waals surface area contributed by atoms with Crippen molar-refractivity contribution in [1.82, 2.24) is 8.87 Å². The summed E-state index contributed by atoms with van der Waals surface area (Å²) in [6.07, 6.45) is -0.361. The molecule has 3 aromatic rings. The Kier molecular flexibility index (Phi) is 6.81. The van der Waals surface area contributed by atoms with Crippen LogP contribution < -0.4 is 14.3 Å². The average Bonchev–Trinajstić information content (AvgIpc) is 3.11. The van der Waals surface area contributed by atoms with Crippen LogP contribution in [0.3, 0.4) is 0 Å². The standard InChI is InChI=1S/C23H27N3O6S2/c1-14-12-26(13-15(2)32-14)34(28,29)17-8-6-16(7-9-17)22(27)24-23-25(3)18-10-19(30-4)20(31-5)11-21(18)33-23/h6-11,14-15H,12-13H2,1-5H3/t14-,15-/m0/s1. The van der Waals surface area contributed by atoms with Gasteiger partial charge >= 0.3 is 0 Å². The third-order valence-corrected chi connectivity index (χ3v) is 8.58. The average molecular weight is 506 g/mol. The molecule has 0 bridgehead atoms. The third kappa shape index (κ3) is 4.61. The van der Waals surface area contributed by atoms with Crippen molar-refractivity contribution in [2.45, 2.75) is 31.0 Å². The van der Waals surface area contributed by atoms with Crippen molar-refractivity contribution < 1.29 is 27.4 Å². The van der Waals surface area contributed by atoms with Crippen LogP contribution in [-0.2, 0) is 21.8 Å². The molecule has 1 saturated heterocycles. The van der Waals surface area contributed by atoms with Crippen LogP contribution in [0.2, 0.25) is 0 Å². The maximum Gasteiger partial charge on any atom is 0.279 e. The number of sulfonamides is 1. The molecule has 0 aliphatic carbocycles. The Balaban J connectivity index is 1.62. The van der Waals surface area contributed by atoms with Gasteiger partial charge in [0.05, 0.1) is 41.5 Å². The highest BCUT2D eigenvalue weighted by atomic mass is 32.2. The van der Waals surface area contributed by atoms with Gasteiger partial charge in [0, 0.05) is 37.8 Å². The molecule has 2 atom stereocenters. The summed E-state index contributed by atoms with van der Waals surface area (Å²) < 4.78 is 46.5. The monoisotopic (exact) mass is 505 g/mol. The molecule has 11 heteroatoms. The van der Waals surface area contributed by atoms with Crippen LogP contribution in [0.1, 0.15) is 24.2 Å². The van der Waals surface area contributed by atoms with E-state index in [2.05, 4.69) is 4.99 Å². The van der Waals surface area contributed by atoms with Crippen LogP contribution in [0.25, 0.3) is 10.2 Å². The molecule has 1 aliphatic rings. The van der Waals surface area contributed by atoms with Gasteiger partial charge in [0.15, 0.2) is 16.3 Å². The quantitative estimate of drug-likeness (QED) is 0.529. The molecular weight excluding hydrogens is 478 g/mol. The number of nitrogens with zero attached hydrogens (tertiary/aromatic N) is 3. The van der Waals surface area contributed by atoms with Gasteiger partial charge < -0.3 is 18.8 Å². The molecule has 2 heterocycles. The number of methoxy groups -OCH3 is 2. The second kappa shape index (κ2) is 9.49. The fraction of sp³-hybridized carbons (Fsp3) is 0.391. The van der Waals surface area contributed by atoms with E-state index < -0.39 is 15.9 Å². The van der Waals surface area contributed by atoms with Gasteiger partial charge in [-0.3, -0.25) is 4.79 Å². The van der Waals surface area contributed by atoms with Crippen LogP contribution in [-0.4, -0.2) is 62.7 Å². The zero-order valence-corrected chi connectivity index (χ0v) is 21.3. The summed E-state index contributed by atoms with van der Waals surface area (Å²) in [5.74, 6) is 0.719. The number of fused-ring (bicyclic) bond motifs is 1. The largest absolute Gasteiger partial charge is 0.493 e. The summed E-state index contributed by atoms with van der Waals surface area (Å²) in [6, 6.07) is 9.56. The number of benzene rings is 2. The van der Waals surface area contributed by atoms with Gasteiger partial charge in [0.2, 0.25) is 10.0 Å². The molecule has 1 amide bonds. The predicted molar refractivity (Wildman–Crippen MR) is 129 cm³/mol. The van der Waals surface area contributed by atoms with Gasteiger partial charge in [0.25, 0.3) is 5.91 Å². The molecular formula is C23H27N3O6S2. The lowest BCUT2D eigenvalue weighted by Crippen LogP contribution is -2.48. The topological polar surface area (TPSA) is 99.4 Å². The highest BCUT2D eigenvalue weighted by Gasteiger charge is 2.32. The number of amides is 1. The van der Waals surface area contributed by atoms with Crippen molar-refractivity contribution in [1.29, 1.82) is 0 Å². The molecule has 0 N–H and O–H groups in total. The zero-order valence-electron chi connectivity index (χ0n) is 19.6.